The minimum atomic E-state index is -0.425. The zero-order valence-corrected chi connectivity index (χ0v) is 15.4. The highest BCUT2D eigenvalue weighted by molar-refractivity contribution is 5.68. The van der Waals surface area contributed by atoms with Crippen LogP contribution in [-0.4, -0.2) is 17.7 Å². The van der Waals surface area contributed by atoms with E-state index < -0.39 is 5.60 Å². The number of alkyl carbamates (subject to hydrolysis) is 1. The zero-order valence-electron chi connectivity index (χ0n) is 15.4. The molecule has 2 aliphatic rings. The zero-order chi connectivity index (χ0) is 16.5. The van der Waals surface area contributed by atoms with Crippen molar-refractivity contribution in [2.24, 2.45) is 23.2 Å². The Morgan fingerprint density at radius 2 is 1.77 bits per heavy atom. The van der Waals surface area contributed by atoms with Crippen LogP contribution in [0.1, 0.15) is 80.1 Å². The Kier molecular flexibility index (Phi) is 5.13. The quantitative estimate of drug-likeness (QED) is 0.783. The maximum absolute atomic E-state index is 11.9. The molecule has 1 N–H and O–H groups in total. The van der Waals surface area contributed by atoms with Gasteiger partial charge in [-0.2, -0.15) is 0 Å². The maximum Gasteiger partial charge on any atom is 0.407 e. The van der Waals surface area contributed by atoms with E-state index in [0.29, 0.717) is 5.41 Å². The number of fused-ring (bicyclic) bond motifs is 2. The van der Waals surface area contributed by atoms with Gasteiger partial charge in [0.25, 0.3) is 0 Å². The average molecular weight is 309 g/mol. The van der Waals surface area contributed by atoms with E-state index in [1.165, 1.54) is 32.1 Å². The van der Waals surface area contributed by atoms with Crippen molar-refractivity contribution in [1.82, 2.24) is 5.32 Å². The van der Waals surface area contributed by atoms with E-state index in [0.717, 1.165) is 24.2 Å². The van der Waals surface area contributed by atoms with Crippen molar-refractivity contribution in [3.63, 3.8) is 0 Å². The molecule has 2 saturated carbocycles. The summed E-state index contributed by atoms with van der Waals surface area (Å²) in [5.41, 5.74) is -0.0478. The summed E-state index contributed by atoms with van der Waals surface area (Å²) in [6.07, 6.45) is 7.68. The highest BCUT2D eigenvalue weighted by Gasteiger charge is 2.41. The number of rotatable bonds is 3. The molecule has 2 aliphatic carbocycles. The summed E-state index contributed by atoms with van der Waals surface area (Å²) >= 11 is 0. The van der Waals surface area contributed by atoms with Gasteiger partial charge in [-0.3, -0.25) is 0 Å². The number of hydrogen-bond acceptors (Lipinski definition) is 2. The molecule has 2 bridgehead atoms. The molecular formula is C19H35NO2. The van der Waals surface area contributed by atoms with Crippen molar-refractivity contribution in [2.75, 3.05) is 0 Å². The van der Waals surface area contributed by atoms with Gasteiger partial charge in [0.2, 0.25) is 0 Å². The first-order valence-electron chi connectivity index (χ1n) is 9.04. The Bertz CT molecular complexity index is 381. The molecule has 0 aromatic carbocycles. The fraction of sp³-hybridized carbons (Fsp3) is 0.947. The number of ether oxygens (including phenoxy) is 1. The summed E-state index contributed by atoms with van der Waals surface area (Å²) in [5, 5.41) is 3.02. The summed E-state index contributed by atoms with van der Waals surface area (Å²) in [6, 6.07) is 0.177. The van der Waals surface area contributed by atoms with E-state index >= 15 is 0 Å². The van der Waals surface area contributed by atoms with Crippen LogP contribution in [0, 0.1) is 23.2 Å². The predicted octanol–water partition coefficient (Wildman–Crippen LogP) is 5.14. The van der Waals surface area contributed by atoms with Gasteiger partial charge >= 0.3 is 6.09 Å². The van der Waals surface area contributed by atoms with Crippen LogP contribution in [0.2, 0.25) is 0 Å². The Hall–Kier alpha value is -0.730. The molecule has 3 unspecified atom stereocenters. The normalized spacial score (nSPS) is 36.5. The number of hydrogen-bond donors (Lipinski definition) is 1. The van der Waals surface area contributed by atoms with Gasteiger partial charge in [0.1, 0.15) is 5.60 Å². The highest BCUT2D eigenvalue weighted by Crippen LogP contribution is 2.51. The highest BCUT2D eigenvalue weighted by atomic mass is 16.6. The molecule has 0 aliphatic heterocycles. The molecule has 0 aromatic rings. The second kappa shape index (κ2) is 6.41. The summed E-state index contributed by atoms with van der Waals surface area (Å²) < 4.78 is 5.37. The first-order valence-corrected chi connectivity index (χ1v) is 9.04. The average Bonchev–Trinajstić information content (AvgIpc) is 2.21. The lowest BCUT2D eigenvalue weighted by atomic mass is 9.58. The van der Waals surface area contributed by atoms with E-state index in [-0.39, 0.29) is 12.1 Å². The first kappa shape index (κ1) is 17.6. The summed E-state index contributed by atoms with van der Waals surface area (Å²) in [5.74, 6) is 2.72. The summed E-state index contributed by atoms with van der Waals surface area (Å²) in [6.45, 7) is 12.7. The maximum atomic E-state index is 11.9. The second-order valence-electron chi connectivity index (χ2n) is 9.51. The van der Waals surface area contributed by atoms with Crippen LogP contribution in [-0.2, 0) is 4.74 Å². The van der Waals surface area contributed by atoms with Crippen LogP contribution in [0.25, 0.3) is 0 Å². The molecule has 0 aromatic heterocycles. The standard InChI is InChI=1S/C19H35NO2/c1-13-7-15-9-16(8-13)12-19(6,11-15)10-14(2)20-17(21)22-18(3,4)5/h13-16H,7-12H2,1-6H3,(H,20,21). The van der Waals surface area contributed by atoms with Crippen molar-refractivity contribution in [2.45, 2.75) is 91.7 Å². The number of carbonyl (C=O) groups excluding carboxylic acids is 1. The lowest BCUT2D eigenvalue weighted by Gasteiger charge is -2.48. The molecule has 0 heterocycles. The van der Waals surface area contributed by atoms with Gasteiger partial charge in [-0.25, -0.2) is 4.79 Å². The summed E-state index contributed by atoms with van der Waals surface area (Å²) in [4.78, 5) is 11.9. The van der Waals surface area contributed by atoms with Crippen LogP contribution in [0.5, 0.6) is 0 Å². The van der Waals surface area contributed by atoms with Crippen molar-refractivity contribution < 1.29 is 9.53 Å². The predicted molar refractivity (Wildman–Crippen MR) is 90.8 cm³/mol. The summed E-state index contributed by atoms with van der Waals surface area (Å²) in [7, 11) is 0. The molecule has 3 atom stereocenters. The van der Waals surface area contributed by atoms with E-state index in [9.17, 15) is 4.79 Å². The molecule has 0 saturated heterocycles. The van der Waals surface area contributed by atoms with Gasteiger partial charge in [-0.1, -0.05) is 13.8 Å². The lowest BCUT2D eigenvalue weighted by Crippen LogP contribution is -2.43. The molecule has 2 rings (SSSR count). The lowest BCUT2D eigenvalue weighted by molar-refractivity contribution is 0.0296. The van der Waals surface area contributed by atoms with Gasteiger partial charge in [0.05, 0.1) is 0 Å². The smallest absolute Gasteiger partial charge is 0.407 e. The van der Waals surface area contributed by atoms with Crippen LogP contribution in [0.15, 0.2) is 0 Å². The molecule has 0 spiro atoms. The molecule has 22 heavy (non-hydrogen) atoms. The number of amides is 1. The molecule has 3 nitrogen and oxygen atoms in total. The Morgan fingerprint density at radius 1 is 1.23 bits per heavy atom. The van der Waals surface area contributed by atoms with Gasteiger partial charge in [0, 0.05) is 6.04 Å². The fourth-order valence-corrected chi connectivity index (χ4v) is 5.17. The fourth-order valence-electron chi connectivity index (χ4n) is 5.17. The minimum Gasteiger partial charge on any atom is -0.444 e. The monoisotopic (exact) mass is 309 g/mol. The first-order chi connectivity index (χ1) is 10.0. The second-order valence-corrected chi connectivity index (χ2v) is 9.51. The molecular weight excluding hydrogens is 274 g/mol. The van der Waals surface area contributed by atoms with E-state index in [2.05, 4.69) is 26.1 Å². The van der Waals surface area contributed by atoms with Crippen molar-refractivity contribution in [3.8, 4) is 0 Å². The Labute approximate surface area is 136 Å². The Morgan fingerprint density at radius 3 is 2.27 bits per heavy atom. The van der Waals surface area contributed by atoms with Crippen LogP contribution < -0.4 is 5.32 Å². The van der Waals surface area contributed by atoms with Crippen LogP contribution in [0.3, 0.4) is 0 Å². The van der Waals surface area contributed by atoms with E-state index in [1.807, 2.05) is 20.8 Å². The minimum absolute atomic E-state index is 0.177. The third-order valence-corrected chi connectivity index (χ3v) is 5.26. The van der Waals surface area contributed by atoms with Gasteiger partial charge < -0.3 is 10.1 Å². The molecule has 0 radical (unpaired) electrons. The Balaban J connectivity index is 1.85. The SMILES string of the molecule is CC1CC2CC(C1)CC(C)(CC(C)NC(=O)OC(C)(C)C)C2. The topological polar surface area (TPSA) is 38.3 Å². The largest absolute Gasteiger partial charge is 0.444 e. The van der Waals surface area contributed by atoms with Crippen molar-refractivity contribution in [3.05, 3.63) is 0 Å². The van der Waals surface area contributed by atoms with Gasteiger partial charge in [-0.05, 0) is 89.4 Å². The molecule has 1 amide bonds. The third kappa shape index (κ3) is 5.17. The molecule has 3 heteroatoms. The molecule has 128 valence electrons. The number of carbonyl (C=O) groups is 1. The van der Waals surface area contributed by atoms with Crippen LogP contribution in [0.4, 0.5) is 4.79 Å². The van der Waals surface area contributed by atoms with Gasteiger partial charge in [0.15, 0.2) is 0 Å². The molecule has 2 fully saturated rings. The number of nitrogens with one attached hydrogen (secondary N) is 1. The van der Waals surface area contributed by atoms with Crippen molar-refractivity contribution >= 4 is 6.09 Å². The van der Waals surface area contributed by atoms with Crippen molar-refractivity contribution in [1.29, 1.82) is 0 Å². The van der Waals surface area contributed by atoms with Crippen LogP contribution >= 0.6 is 0 Å². The van der Waals surface area contributed by atoms with E-state index in [1.54, 1.807) is 0 Å². The third-order valence-electron chi connectivity index (χ3n) is 5.26. The van der Waals surface area contributed by atoms with Gasteiger partial charge in [-0.15, -0.1) is 0 Å². The van der Waals surface area contributed by atoms with E-state index in [4.69, 9.17) is 4.74 Å².